The van der Waals surface area contributed by atoms with E-state index in [9.17, 15) is 14.4 Å². The molecule has 0 aliphatic rings. The van der Waals surface area contributed by atoms with Crippen LogP contribution in [0.25, 0.3) is 22.0 Å². The maximum absolute atomic E-state index is 12.5. The van der Waals surface area contributed by atoms with Crippen LogP contribution in [-0.2, 0) is 25.3 Å². The Morgan fingerprint density at radius 2 is 1.97 bits per heavy atom. The van der Waals surface area contributed by atoms with Gasteiger partial charge in [-0.15, -0.1) is 0 Å². The molecule has 4 rings (SSSR count). The van der Waals surface area contributed by atoms with Crippen LogP contribution in [0.15, 0.2) is 50.7 Å². The van der Waals surface area contributed by atoms with E-state index < -0.39 is 11.2 Å². The number of anilines is 1. The van der Waals surface area contributed by atoms with E-state index in [0.29, 0.717) is 17.0 Å². The van der Waals surface area contributed by atoms with Crippen LogP contribution < -0.4 is 21.3 Å². The van der Waals surface area contributed by atoms with E-state index in [1.807, 2.05) is 6.07 Å². The van der Waals surface area contributed by atoms with Crippen molar-refractivity contribution in [1.29, 1.82) is 0 Å². The number of fused-ring (bicyclic) bond motifs is 2. The SMILES string of the molecule is COc1ccc2c(CC(=O)Nc3cnc4c(c3)c(=O)n(C)c(=O)n4C)coc2c1. The lowest BCUT2D eigenvalue weighted by atomic mass is 10.1. The molecule has 9 nitrogen and oxygen atoms in total. The first kappa shape index (κ1) is 18.5. The summed E-state index contributed by atoms with van der Waals surface area (Å²) in [6, 6.07) is 6.90. The Balaban J connectivity index is 1.61. The number of nitrogens with one attached hydrogen (secondary N) is 1. The predicted molar refractivity (Wildman–Crippen MR) is 107 cm³/mol. The van der Waals surface area contributed by atoms with Crippen LogP contribution in [0.4, 0.5) is 5.69 Å². The number of furan rings is 1. The van der Waals surface area contributed by atoms with Crippen molar-refractivity contribution in [3.05, 3.63) is 63.1 Å². The van der Waals surface area contributed by atoms with Gasteiger partial charge in [0.25, 0.3) is 5.56 Å². The molecule has 0 saturated heterocycles. The largest absolute Gasteiger partial charge is 0.497 e. The highest BCUT2D eigenvalue weighted by atomic mass is 16.5. The van der Waals surface area contributed by atoms with Crippen LogP contribution in [-0.4, -0.2) is 27.1 Å². The zero-order chi connectivity index (χ0) is 20.7. The second kappa shape index (κ2) is 6.93. The first-order chi connectivity index (χ1) is 13.9. The van der Waals surface area contributed by atoms with Gasteiger partial charge < -0.3 is 14.5 Å². The first-order valence-corrected chi connectivity index (χ1v) is 8.79. The van der Waals surface area contributed by atoms with E-state index in [1.165, 1.54) is 37.2 Å². The lowest BCUT2D eigenvalue weighted by Gasteiger charge is -2.09. The average molecular weight is 394 g/mol. The molecule has 3 heterocycles. The van der Waals surface area contributed by atoms with Gasteiger partial charge in [-0.1, -0.05) is 0 Å². The minimum Gasteiger partial charge on any atom is -0.497 e. The molecule has 9 heteroatoms. The number of aromatic nitrogens is 3. The number of amides is 1. The van der Waals surface area contributed by atoms with E-state index in [-0.39, 0.29) is 23.4 Å². The van der Waals surface area contributed by atoms with Crippen LogP contribution in [0.3, 0.4) is 0 Å². The maximum Gasteiger partial charge on any atom is 0.332 e. The normalized spacial score (nSPS) is 11.1. The molecule has 1 N–H and O–H groups in total. The Hall–Kier alpha value is -3.88. The molecule has 0 bridgehead atoms. The molecule has 148 valence electrons. The lowest BCUT2D eigenvalue weighted by Crippen LogP contribution is -2.37. The summed E-state index contributed by atoms with van der Waals surface area (Å²) >= 11 is 0. The van der Waals surface area contributed by atoms with E-state index in [0.717, 1.165) is 15.5 Å². The Bertz CT molecular complexity index is 1380. The van der Waals surface area contributed by atoms with Crippen molar-refractivity contribution in [2.75, 3.05) is 12.4 Å². The molecule has 0 atom stereocenters. The number of nitrogens with zero attached hydrogens (tertiary/aromatic N) is 3. The summed E-state index contributed by atoms with van der Waals surface area (Å²) in [5.41, 5.74) is 1.05. The van der Waals surface area contributed by atoms with Crippen LogP contribution in [0.2, 0.25) is 0 Å². The van der Waals surface area contributed by atoms with Crippen LogP contribution in [0, 0.1) is 0 Å². The summed E-state index contributed by atoms with van der Waals surface area (Å²) in [4.78, 5) is 41.0. The Kier molecular flexibility index (Phi) is 4.42. The van der Waals surface area contributed by atoms with E-state index >= 15 is 0 Å². The number of carbonyl (C=O) groups is 1. The molecule has 0 saturated carbocycles. The van der Waals surface area contributed by atoms with Crippen molar-refractivity contribution >= 4 is 33.6 Å². The highest BCUT2D eigenvalue weighted by Crippen LogP contribution is 2.26. The average Bonchev–Trinajstić information content (AvgIpc) is 3.12. The molecule has 0 unspecified atom stereocenters. The van der Waals surface area contributed by atoms with Crippen LogP contribution in [0.1, 0.15) is 5.56 Å². The first-order valence-electron chi connectivity index (χ1n) is 8.79. The van der Waals surface area contributed by atoms with Gasteiger partial charge in [0.2, 0.25) is 5.91 Å². The molecule has 0 radical (unpaired) electrons. The molecule has 1 aromatic carbocycles. The maximum atomic E-state index is 12.5. The summed E-state index contributed by atoms with van der Waals surface area (Å²) in [5.74, 6) is 0.382. The van der Waals surface area contributed by atoms with Crippen molar-refractivity contribution < 1.29 is 13.9 Å². The van der Waals surface area contributed by atoms with Crippen LogP contribution >= 0.6 is 0 Å². The third-order valence-corrected chi connectivity index (χ3v) is 4.79. The van der Waals surface area contributed by atoms with Gasteiger partial charge in [-0.25, -0.2) is 9.78 Å². The third-order valence-electron chi connectivity index (χ3n) is 4.79. The molecule has 0 aliphatic carbocycles. The molecule has 29 heavy (non-hydrogen) atoms. The Morgan fingerprint density at radius 1 is 1.17 bits per heavy atom. The molecule has 1 amide bonds. The molecule has 0 spiro atoms. The number of hydrogen-bond donors (Lipinski definition) is 1. The summed E-state index contributed by atoms with van der Waals surface area (Å²) in [6.07, 6.45) is 3.04. The zero-order valence-electron chi connectivity index (χ0n) is 16.1. The minimum atomic E-state index is -0.471. The van der Waals surface area contributed by atoms with Crippen LogP contribution in [0.5, 0.6) is 5.75 Å². The molecular formula is C20H18N4O5. The van der Waals surface area contributed by atoms with Crippen molar-refractivity contribution in [1.82, 2.24) is 14.1 Å². The standard InChI is InChI=1S/C20H18N4O5/c1-23-18-15(19(26)24(2)20(23)27)7-12(9-21-18)22-17(25)6-11-10-29-16-8-13(28-3)4-5-14(11)16/h4-5,7-10H,6H2,1-3H3,(H,22,25). The van der Waals surface area contributed by atoms with Gasteiger partial charge in [0.1, 0.15) is 17.0 Å². The number of ether oxygens (including phenoxy) is 1. The second-order valence-electron chi connectivity index (χ2n) is 6.65. The molecule has 0 fully saturated rings. The van der Waals surface area contributed by atoms with Gasteiger partial charge in [-0.3, -0.25) is 18.7 Å². The number of hydrogen-bond acceptors (Lipinski definition) is 6. The predicted octanol–water partition coefficient (Wildman–Crippen LogP) is 1.57. The zero-order valence-corrected chi connectivity index (χ0v) is 16.1. The highest BCUT2D eigenvalue weighted by Gasteiger charge is 2.14. The van der Waals surface area contributed by atoms with E-state index in [1.54, 1.807) is 19.2 Å². The number of benzene rings is 1. The topological polar surface area (TPSA) is 108 Å². The summed E-state index contributed by atoms with van der Waals surface area (Å²) in [5, 5.41) is 3.80. The van der Waals surface area contributed by atoms with Gasteiger partial charge in [0.15, 0.2) is 0 Å². The lowest BCUT2D eigenvalue weighted by molar-refractivity contribution is -0.115. The van der Waals surface area contributed by atoms with Crippen molar-refractivity contribution in [2.45, 2.75) is 6.42 Å². The third kappa shape index (κ3) is 3.16. The van der Waals surface area contributed by atoms with Gasteiger partial charge in [-0.05, 0) is 18.2 Å². The number of rotatable bonds is 4. The van der Waals surface area contributed by atoms with Gasteiger partial charge >= 0.3 is 5.69 Å². The summed E-state index contributed by atoms with van der Waals surface area (Å²) in [7, 11) is 4.50. The summed E-state index contributed by atoms with van der Waals surface area (Å²) < 4.78 is 13.0. The molecule has 4 aromatic rings. The molecular weight excluding hydrogens is 376 g/mol. The van der Waals surface area contributed by atoms with Gasteiger partial charge in [-0.2, -0.15) is 0 Å². The fourth-order valence-electron chi connectivity index (χ4n) is 3.24. The second-order valence-corrected chi connectivity index (χ2v) is 6.65. The number of methoxy groups -OCH3 is 1. The fraction of sp³-hybridized carbons (Fsp3) is 0.200. The molecule has 3 aromatic heterocycles. The van der Waals surface area contributed by atoms with E-state index in [4.69, 9.17) is 9.15 Å². The number of aryl methyl sites for hydroxylation is 1. The Labute approximate surface area is 164 Å². The molecule has 0 aliphatic heterocycles. The Morgan fingerprint density at radius 3 is 2.72 bits per heavy atom. The number of carbonyl (C=O) groups excluding carboxylic acids is 1. The van der Waals surface area contributed by atoms with Gasteiger partial charge in [0.05, 0.1) is 37.1 Å². The smallest absolute Gasteiger partial charge is 0.332 e. The number of pyridine rings is 1. The highest BCUT2D eigenvalue weighted by molar-refractivity contribution is 5.96. The summed E-state index contributed by atoms with van der Waals surface area (Å²) in [6.45, 7) is 0. The quantitative estimate of drug-likeness (QED) is 0.563. The van der Waals surface area contributed by atoms with E-state index in [2.05, 4.69) is 10.3 Å². The fourth-order valence-corrected chi connectivity index (χ4v) is 3.24. The van der Waals surface area contributed by atoms with Crippen molar-refractivity contribution in [3.8, 4) is 5.75 Å². The minimum absolute atomic E-state index is 0.0860. The van der Waals surface area contributed by atoms with Crippen molar-refractivity contribution in [2.24, 2.45) is 14.1 Å². The monoisotopic (exact) mass is 394 g/mol. The van der Waals surface area contributed by atoms with Gasteiger partial charge in [0, 0.05) is 31.1 Å². The van der Waals surface area contributed by atoms with Crippen molar-refractivity contribution in [3.63, 3.8) is 0 Å².